The van der Waals surface area contributed by atoms with Crippen molar-refractivity contribution in [2.24, 2.45) is 0 Å². The van der Waals surface area contributed by atoms with E-state index in [1.807, 2.05) is 18.2 Å². The number of pyridine rings is 2. The molecule has 0 amide bonds. The van der Waals surface area contributed by atoms with E-state index in [4.69, 9.17) is 21.3 Å². The molecular formula is C32H33ClFN5O2. The number of halogens is 2. The highest BCUT2D eigenvalue weighted by Crippen LogP contribution is 2.42. The van der Waals surface area contributed by atoms with Gasteiger partial charge in [-0.2, -0.15) is 0 Å². The molecule has 0 saturated carbocycles. The highest BCUT2D eigenvalue weighted by atomic mass is 35.5. The number of phenols is 1. The summed E-state index contributed by atoms with van der Waals surface area (Å²) in [5.74, 6) is -0.0722. The van der Waals surface area contributed by atoms with Gasteiger partial charge in [0, 0.05) is 58.8 Å². The van der Waals surface area contributed by atoms with Gasteiger partial charge in [-0.05, 0) is 75.2 Å². The first-order valence-electron chi connectivity index (χ1n) is 14.8. The van der Waals surface area contributed by atoms with Crippen molar-refractivity contribution in [1.29, 1.82) is 0 Å². The zero-order chi connectivity index (χ0) is 27.7. The summed E-state index contributed by atoms with van der Waals surface area (Å²) < 4.78 is 23.1. The number of anilines is 1. The van der Waals surface area contributed by atoms with Crippen LogP contribution in [0.1, 0.15) is 38.5 Å². The smallest absolute Gasteiger partial charge is 0.216 e. The number of fused-ring (bicyclic) bond motifs is 5. The molecule has 0 aliphatic carbocycles. The minimum absolute atomic E-state index is 0.0232. The van der Waals surface area contributed by atoms with Crippen molar-refractivity contribution in [3.05, 3.63) is 53.4 Å². The van der Waals surface area contributed by atoms with Gasteiger partial charge in [0.15, 0.2) is 5.82 Å². The lowest BCUT2D eigenvalue weighted by Gasteiger charge is -2.35. The number of nitrogens with zero attached hydrogens (tertiary/aromatic N) is 4. The lowest BCUT2D eigenvalue weighted by atomic mass is 9.95. The van der Waals surface area contributed by atoms with Gasteiger partial charge in [0.2, 0.25) is 5.88 Å². The highest BCUT2D eigenvalue weighted by molar-refractivity contribution is 6.36. The fourth-order valence-electron chi connectivity index (χ4n) is 7.85. The number of hydrogen-bond donors (Lipinski definition) is 2. The Balaban J connectivity index is 1.26. The molecule has 4 saturated heterocycles. The van der Waals surface area contributed by atoms with E-state index >= 15 is 4.39 Å². The highest BCUT2D eigenvalue weighted by Gasteiger charge is 2.45. The molecule has 41 heavy (non-hydrogen) atoms. The van der Waals surface area contributed by atoms with Gasteiger partial charge in [0.25, 0.3) is 0 Å². The van der Waals surface area contributed by atoms with Crippen molar-refractivity contribution in [1.82, 2.24) is 20.2 Å². The Kier molecular flexibility index (Phi) is 6.02. The van der Waals surface area contributed by atoms with E-state index in [2.05, 4.69) is 20.1 Å². The molecule has 4 fully saturated rings. The van der Waals surface area contributed by atoms with Crippen molar-refractivity contribution in [3.63, 3.8) is 0 Å². The molecular weight excluding hydrogens is 541 g/mol. The summed E-state index contributed by atoms with van der Waals surface area (Å²) in [7, 11) is 0. The molecule has 2 aromatic carbocycles. The van der Waals surface area contributed by atoms with Crippen LogP contribution in [-0.2, 0) is 0 Å². The van der Waals surface area contributed by atoms with E-state index in [0.717, 1.165) is 57.5 Å². The maximum absolute atomic E-state index is 16.6. The van der Waals surface area contributed by atoms with Crippen LogP contribution in [0, 0.1) is 5.82 Å². The summed E-state index contributed by atoms with van der Waals surface area (Å²) in [6.07, 6.45) is 8.64. The molecule has 4 aliphatic heterocycles. The Hall–Kier alpha value is -3.20. The molecule has 6 heterocycles. The lowest BCUT2D eigenvalue weighted by molar-refractivity contribution is 0.111. The number of piperazine rings is 1. The second-order valence-electron chi connectivity index (χ2n) is 12.2. The minimum Gasteiger partial charge on any atom is -0.508 e. The molecule has 9 heteroatoms. The van der Waals surface area contributed by atoms with Gasteiger partial charge < -0.3 is 20.1 Å². The van der Waals surface area contributed by atoms with Crippen molar-refractivity contribution in [3.8, 4) is 22.9 Å². The van der Waals surface area contributed by atoms with Crippen LogP contribution in [0.3, 0.4) is 0 Å². The molecule has 2 N–H and O–H groups in total. The SMILES string of the molecule is Oc1cc(-c2ncc3c(N4C[C@H]5CC[C@@H](C4)N5)cc(OCC45CCCN4CCC5)nc3c2F)c2c(Cl)cccc2c1. The number of ether oxygens (including phenoxy) is 1. The maximum atomic E-state index is 16.6. The molecule has 4 aliphatic rings. The largest absolute Gasteiger partial charge is 0.508 e. The van der Waals surface area contributed by atoms with Crippen LogP contribution in [0.5, 0.6) is 11.6 Å². The Morgan fingerprint density at radius 2 is 1.88 bits per heavy atom. The van der Waals surface area contributed by atoms with Crippen molar-refractivity contribution in [2.75, 3.05) is 37.7 Å². The molecule has 2 aromatic heterocycles. The van der Waals surface area contributed by atoms with Gasteiger partial charge in [-0.1, -0.05) is 23.7 Å². The summed E-state index contributed by atoms with van der Waals surface area (Å²) in [4.78, 5) is 14.3. The first kappa shape index (κ1) is 25.5. The van der Waals surface area contributed by atoms with E-state index in [1.165, 1.54) is 18.9 Å². The number of nitrogens with one attached hydrogen (secondary N) is 1. The molecule has 0 radical (unpaired) electrons. The summed E-state index contributed by atoms with van der Waals surface area (Å²) in [6.45, 7) is 4.50. The molecule has 0 unspecified atom stereocenters. The normalized spacial score (nSPS) is 23.5. The summed E-state index contributed by atoms with van der Waals surface area (Å²) in [5.41, 5.74) is 1.74. The van der Waals surface area contributed by atoms with Crippen molar-refractivity contribution >= 4 is 39.0 Å². The second kappa shape index (κ2) is 9.68. The van der Waals surface area contributed by atoms with E-state index < -0.39 is 5.82 Å². The monoisotopic (exact) mass is 573 g/mol. The first-order valence-corrected chi connectivity index (χ1v) is 15.1. The number of phenolic OH excluding ortho intramolecular Hbond substituents is 1. The number of benzene rings is 2. The lowest BCUT2D eigenvalue weighted by Crippen LogP contribution is -2.51. The quantitative estimate of drug-likeness (QED) is 0.308. The third-order valence-corrected chi connectivity index (χ3v) is 10.1. The van der Waals surface area contributed by atoms with Gasteiger partial charge in [0.1, 0.15) is 23.6 Å². The maximum Gasteiger partial charge on any atom is 0.216 e. The Labute approximate surface area is 243 Å². The molecule has 7 nitrogen and oxygen atoms in total. The van der Waals surface area contributed by atoms with E-state index in [-0.39, 0.29) is 22.5 Å². The van der Waals surface area contributed by atoms with Crippen molar-refractivity contribution in [2.45, 2.75) is 56.1 Å². The second-order valence-corrected chi connectivity index (χ2v) is 12.7. The van der Waals surface area contributed by atoms with Crippen LogP contribution in [0.15, 0.2) is 42.6 Å². The van der Waals surface area contributed by atoms with Crippen LogP contribution in [-0.4, -0.2) is 70.4 Å². The zero-order valence-electron chi connectivity index (χ0n) is 22.9. The Bertz CT molecular complexity index is 1660. The first-order chi connectivity index (χ1) is 20.0. The summed E-state index contributed by atoms with van der Waals surface area (Å²) in [6, 6.07) is 11.4. The number of aromatic hydroxyl groups is 1. The number of rotatable bonds is 5. The van der Waals surface area contributed by atoms with Gasteiger partial charge >= 0.3 is 0 Å². The predicted molar refractivity (Wildman–Crippen MR) is 160 cm³/mol. The van der Waals surface area contributed by atoms with Crippen LogP contribution >= 0.6 is 11.6 Å². The van der Waals surface area contributed by atoms with Crippen LogP contribution in [0.4, 0.5) is 10.1 Å². The topological polar surface area (TPSA) is 73.8 Å². The van der Waals surface area contributed by atoms with Gasteiger partial charge in [0.05, 0.1) is 11.2 Å². The van der Waals surface area contributed by atoms with Crippen LogP contribution in [0.2, 0.25) is 5.02 Å². The Morgan fingerprint density at radius 3 is 2.66 bits per heavy atom. The molecule has 2 bridgehead atoms. The molecule has 212 valence electrons. The molecule has 8 rings (SSSR count). The minimum atomic E-state index is -0.541. The summed E-state index contributed by atoms with van der Waals surface area (Å²) in [5, 5.41) is 16.7. The van der Waals surface area contributed by atoms with E-state index in [0.29, 0.717) is 51.3 Å². The fourth-order valence-corrected chi connectivity index (χ4v) is 8.13. The number of aromatic nitrogens is 2. The Morgan fingerprint density at radius 1 is 1.10 bits per heavy atom. The van der Waals surface area contributed by atoms with Gasteiger partial charge in [-0.25, -0.2) is 9.37 Å². The fraction of sp³-hybridized carbons (Fsp3) is 0.438. The third kappa shape index (κ3) is 4.22. The molecule has 2 atom stereocenters. The number of hydrogen-bond acceptors (Lipinski definition) is 7. The average molecular weight is 574 g/mol. The van der Waals surface area contributed by atoms with Crippen LogP contribution in [0.25, 0.3) is 32.9 Å². The van der Waals surface area contributed by atoms with Crippen molar-refractivity contribution < 1.29 is 14.2 Å². The van der Waals surface area contributed by atoms with Gasteiger partial charge in [-0.15, -0.1) is 0 Å². The van der Waals surface area contributed by atoms with Gasteiger partial charge in [-0.3, -0.25) is 9.88 Å². The summed E-state index contributed by atoms with van der Waals surface area (Å²) >= 11 is 6.58. The third-order valence-electron chi connectivity index (χ3n) is 9.77. The van der Waals surface area contributed by atoms with E-state index in [1.54, 1.807) is 18.3 Å². The molecule has 0 spiro atoms. The van der Waals surface area contributed by atoms with Crippen LogP contribution < -0.4 is 15.0 Å². The predicted octanol–water partition coefficient (Wildman–Crippen LogP) is 5.90. The zero-order valence-corrected chi connectivity index (χ0v) is 23.6. The standard InChI is InChI=1S/C32H33ClFN5O2/c33-25-5-1-4-19-12-22(40)13-23(28(19)25)30-29(34)31-24(15-35-30)26(38-16-20-6-7-21(17-38)36-20)14-27(37-31)41-18-32-8-2-10-39(32)11-3-9-32/h1,4-5,12-15,20-21,36,40H,2-3,6-11,16-18H2/t20-,21+. The van der Waals surface area contributed by atoms with E-state index in [9.17, 15) is 5.11 Å². The molecule has 4 aromatic rings. The average Bonchev–Trinajstić information content (AvgIpc) is 3.65.